The highest BCUT2D eigenvalue weighted by Gasteiger charge is 2.23. The van der Waals surface area contributed by atoms with Gasteiger partial charge in [-0.3, -0.25) is 9.20 Å². The van der Waals surface area contributed by atoms with Crippen LogP contribution in [0.25, 0.3) is 5.65 Å². The first-order chi connectivity index (χ1) is 12.8. The van der Waals surface area contributed by atoms with Crippen LogP contribution in [0.5, 0.6) is 0 Å². The van der Waals surface area contributed by atoms with Gasteiger partial charge in [0, 0.05) is 26.3 Å². The molecular formula is C17H25N5O3S2. The van der Waals surface area contributed by atoms with Gasteiger partial charge in [0.25, 0.3) is 0 Å². The molecule has 1 amide bonds. The fourth-order valence-corrected chi connectivity index (χ4v) is 4.85. The normalized spacial score (nSPS) is 20.9. The van der Waals surface area contributed by atoms with Crippen LogP contribution in [0.15, 0.2) is 28.4 Å². The number of hydrogen-bond acceptors (Lipinski definition) is 6. The van der Waals surface area contributed by atoms with Gasteiger partial charge in [-0.2, -0.15) is 0 Å². The second-order valence-corrected chi connectivity index (χ2v) is 10.2. The van der Waals surface area contributed by atoms with E-state index < -0.39 is 10.0 Å². The second kappa shape index (κ2) is 8.15. The Morgan fingerprint density at radius 3 is 2.74 bits per heavy atom. The van der Waals surface area contributed by atoms with Gasteiger partial charge in [-0.1, -0.05) is 31.5 Å². The molecule has 1 aliphatic rings. The smallest absolute Gasteiger partial charge is 0.244 e. The summed E-state index contributed by atoms with van der Waals surface area (Å²) in [6, 6.07) is 3.35. The van der Waals surface area contributed by atoms with E-state index in [4.69, 9.17) is 0 Å². The number of carbonyl (C=O) groups is 1. The van der Waals surface area contributed by atoms with Gasteiger partial charge < -0.3 is 5.32 Å². The third-order valence-electron chi connectivity index (χ3n) is 4.91. The second-order valence-electron chi connectivity index (χ2n) is 7.09. The maximum atomic E-state index is 12.3. The van der Waals surface area contributed by atoms with Crippen molar-refractivity contribution in [2.75, 3.05) is 19.8 Å². The summed E-state index contributed by atoms with van der Waals surface area (Å²) in [7, 11) is -0.583. The first kappa shape index (κ1) is 20.1. The number of hydrogen-bond donors (Lipinski definition) is 1. The minimum absolute atomic E-state index is 0.0347. The Balaban J connectivity index is 1.70. The lowest BCUT2D eigenvalue weighted by atomic mass is 9.86. The largest absolute Gasteiger partial charge is 0.352 e. The molecule has 10 heteroatoms. The van der Waals surface area contributed by atoms with Crippen LogP contribution in [0.1, 0.15) is 32.6 Å². The van der Waals surface area contributed by atoms with Gasteiger partial charge in [0.05, 0.1) is 10.6 Å². The molecule has 2 aromatic heterocycles. The van der Waals surface area contributed by atoms with E-state index in [1.807, 2.05) is 0 Å². The van der Waals surface area contributed by atoms with Crippen molar-refractivity contribution in [3.63, 3.8) is 0 Å². The average molecular weight is 412 g/mol. The zero-order valence-electron chi connectivity index (χ0n) is 15.8. The first-order valence-corrected chi connectivity index (χ1v) is 11.4. The van der Waals surface area contributed by atoms with E-state index in [1.165, 1.54) is 44.5 Å². The Hall–Kier alpha value is -1.65. The topological polar surface area (TPSA) is 96.7 Å². The van der Waals surface area contributed by atoms with Crippen LogP contribution < -0.4 is 5.32 Å². The lowest BCUT2D eigenvalue weighted by Gasteiger charge is -2.29. The minimum atomic E-state index is -3.55. The van der Waals surface area contributed by atoms with E-state index >= 15 is 0 Å². The van der Waals surface area contributed by atoms with Crippen molar-refractivity contribution in [2.45, 2.75) is 48.7 Å². The Morgan fingerprint density at radius 2 is 2.04 bits per heavy atom. The van der Waals surface area contributed by atoms with Gasteiger partial charge in [0.1, 0.15) is 0 Å². The number of carbonyl (C=O) groups excluding carboxylic acids is 1. The molecule has 0 saturated heterocycles. The van der Waals surface area contributed by atoms with Gasteiger partial charge in [-0.25, -0.2) is 12.7 Å². The van der Waals surface area contributed by atoms with Crippen LogP contribution in [0.3, 0.4) is 0 Å². The van der Waals surface area contributed by atoms with Gasteiger partial charge in [-0.05, 0) is 30.9 Å². The molecule has 2 heterocycles. The summed E-state index contributed by atoms with van der Waals surface area (Å²) in [4.78, 5) is 12.5. The van der Waals surface area contributed by atoms with Crippen molar-refractivity contribution < 1.29 is 13.2 Å². The third kappa shape index (κ3) is 4.44. The van der Waals surface area contributed by atoms with Crippen LogP contribution >= 0.6 is 11.8 Å². The zero-order valence-corrected chi connectivity index (χ0v) is 17.4. The predicted octanol–water partition coefficient (Wildman–Crippen LogP) is 1.77. The first-order valence-electron chi connectivity index (χ1n) is 8.98. The number of amides is 1. The molecule has 2 unspecified atom stereocenters. The third-order valence-corrected chi connectivity index (χ3v) is 7.65. The summed E-state index contributed by atoms with van der Waals surface area (Å²) in [6.07, 6.45) is 6.05. The van der Waals surface area contributed by atoms with Crippen molar-refractivity contribution >= 4 is 33.3 Å². The highest BCUT2D eigenvalue weighted by molar-refractivity contribution is 7.99. The fraction of sp³-hybridized carbons (Fsp3) is 0.588. The summed E-state index contributed by atoms with van der Waals surface area (Å²) in [5.41, 5.74) is 0.538. The van der Waals surface area contributed by atoms with Gasteiger partial charge >= 0.3 is 0 Å². The van der Waals surface area contributed by atoms with E-state index in [9.17, 15) is 13.2 Å². The van der Waals surface area contributed by atoms with E-state index in [-0.39, 0.29) is 22.6 Å². The summed E-state index contributed by atoms with van der Waals surface area (Å²) < 4.78 is 27.4. The Labute approximate surface area is 163 Å². The average Bonchev–Trinajstić information content (AvgIpc) is 3.04. The number of fused-ring (bicyclic) bond motifs is 1. The van der Waals surface area contributed by atoms with Gasteiger partial charge in [-0.15, -0.1) is 10.2 Å². The summed E-state index contributed by atoms with van der Waals surface area (Å²) in [5.74, 6) is 0.683. The van der Waals surface area contributed by atoms with E-state index in [1.54, 1.807) is 10.5 Å². The molecule has 1 saturated carbocycles. The van der Waals surface area contributed by atoms with Crippen molar-refractivity contribution in [1.82, 2.24) is 24.2 Å². The SMILES string of the molecule is CC1CCCCC1NC(=O)CSc1nnc2ccc(S(=O)(=O)N(C)C)cn12. The fourth-order valence-electron chi connectivity index (χ4n) is 3.22. The van der Waals surface area contributed by atoms with Crippen molar-refractivity contribution in [3.05, 3.63) is 18.3 Å². The number of rotatable bonds is 6. The highest BCUT2D eigenvalue weighted by atomic mass is 32.2. The molecule has 0 aliphatic heterocycles. The number of nitrogens with zero attached hydrogens (tertiary/aromatic N) is 4. The summed E-state index contributed by atoms with van der Waals surface area (Å²) >= 11 is 1.25. The van der Waals surface area contributed by atoms with Crippen LogP contribution in [0, 0.1) is 5.92 Å². The molecule has 2 atom stereocenters. The van der Waals surface area contributed by atoms with E-state index in [0.717, 1.165) is 23.6 Å². The molecule has 0 radical (unpaired) electrons. The number of nitrogens with one attached hydrogen (secondary N) is 1. The lowest BCUT2D eigenvalue weighted by molar-refractivity contribution is -0.119. The van der Waals surface area contributed by atoms with Crippen LogP contribution in [-0.2, 0) is 14.8 Å². The van der Waals surface area contributed by atoms with Crippen molar-refractivity contribution in [3.8, 4) is 0 Å². The number of thioether (sulfide) groups is 1. The Morgan fingerprint density at radius 1 is 1.30 bits per heavy atom. The zero-order chi connectivity index (χ0) is 19.6. The quantitative estimate of drug-likeness (QED) is 0.728. The summed E-state index contributed by atoms with van der Waals surface area (Å²) in [6.45, 7) is 2.18. The standard InChI is InChI=1S/C17H25N5O3S2/c1-12-6-4-5-7-14(12)18-16(23)11-26-17-20-19-15-9-8-13(10-22(15)17)27(24,25)21(2)3/h8-10,12,14H,4-7,11H2,1-3H3,(H,18,23). The molecule has 3 rings (SSSR count). The Bertz CT molecular complexity index is 926. The number of sulfonamides is 1. The van der Waals surface area contributed by atoms with Gasteiger partial charge in [0.15, 0.2) is 10.8 Å². The van der Waals surface area contributed by atoms with E-state index in [0.29, 0.717) is 16.7 Å². The highest BCUT2D eigenvalue weighted by Crippen LogP contribution is 2.24. The van der Waals surface area contributed by atoms with Crippen LogP contribution in [-0.4, -0.2) is 59.1 Å². The molecule has 8 nitrogen and oxygen atoms in total. The molecule has 0 spiro atoms. The monoisotopic (exact) mass is 411 g/mol. The Kier molecular flexibility index (Phi) is 6.07. The maximum Gasteiger partial charge on any atom is 0.244 e. The molecular weight excluding hydrogens is 386 g/mol. The lowest BCUT2D eigenvalue weighted by Crippen LogP contribution is -2.41. The molecule has 0 aromatic carbocycles. The summed E-state index contributed by atoms with van der Waals surface area (Å²) in [5, 5.41) is 11.7. The molecule has 1 aliphatic carbocycles. The molecule has 1 N–H and O–H groups in total. The predicted molar refractivity (Wildman–Crippen MR) is 104 cm³/mol. The number of pyridine rings is 1. The minimum Gasteiger partial charge on any atom is -0.352 e. The molecule has 1 fully saturated rings. The number of aromatic nitrogens is 3. The molecule has 0 bridgehead atoms. The molecule has 148 valence electrons. The van der Waals surface area contributed by atoms with Crippen molar-refractivity contribution in [1.29, 1.82) is 0 Å². The van der Waals surface area contributed by atoms with Crippen LogP contribution in [0.4, 0.5) is 0 Å². The van der Waals surface area contributed by atoms with Gasteiger partial charge in [0.2, 0.25) is 15.9 Å². The van der Waals surface area contributed by atoms with E-state index in [2.05, 4.69) is 22.4 Å². The molecule has 2 aromatic rings. The maximum absolute atomic E-state index is 12.3. The van der Waals surface area contributed by atoms with Crippen molar-refractivity contribution in [2.24, 2.45) is 5.92 Å². The molecule has 27 heavy (non-hydrogen) atoms. The van der Waals surface area contributed by atoms with Crippen LogP contribution in [0.2, 0.25) is 0 Å².